The van der Waals surface area contributed by atoms with Gasteiger partial charge in [-0.3, -0.25) is 9.58 Å². The first-order chi connectivity index (χ1) is 18.4. The Morgan fingerprint density at radius 1 is 1.26 bits per heavy atom. The average molecular weight is 578 g/mol. The molecule has 14 heteroatoms. The highest BCUT2D eigenvalue weighted by molar-refractivity contribution is 7.89. The summed E-state index contributed by atoms with van der Waals surface area (Å²) in [5, 5.41) is 32.3. The minimum absolute atomic E-state index is 0.0493. The van der Waals surface area contributed by atoms with E-state index in [1.165, 1.54) is 10.4 Å². The maximum absolute atomic E-state index is 13.8. The summed E-state index contributed by atoms with van der Waals surface area (Å²) >= 11 is 0.727. The number of nitrogens with zero attached hydrogens (tertiary/aromatic N) is 7. The average Bonchev–Trinajstić information content (AvgIpc) is 3.67. The molecule has 3 fully saturated rings. The van der Waals surface area contributed by atoms with Crippen molar-refractivity contribution in [2.75, 3.05) is 13.1 Å². The van der Waals surface area contributed by atoms with Crippen LogP contribution in [0.1, 0.15) is 56.5 Å². The van der Waals surface area contributed by atoms with Gasteiger partial charge >= 0.3 is 0 Å². The molecule has 2 atom stereocenters. The van der Waals surface area contributed by atoms with Crippen LogP contribution in [-0.2, 0) is 23.6 Å². The maximum Gasteiger partial charge on any atom is 0.291 e. The largest absolute Gasteiger partial charge is 0.390 e. The van der Waals surface area contributed by atoms with Crippen molar-refractivity contribution in [3.05, 3.63) is 22.7 Å². The summed E-state index contributed by atoms with van der Waals surface area (Å²) in [5.74, 6) is 0.172. The summed E-state index contributed by atoms with van der Waals surface area (Å²) in [4.78, 5) is 2.27. The Balaban J connectivity index is 1.43. The molecular weight excluding hydrogens is 548 g/mol. The van der Waals surface area contributed by atoms with Crippen molar-refractivity contribution in [3.63, 3.8) is 0 Å². The van der Waals surface area contributed by atoms with Gasteiger partial charge in [-0.05, 0) is 76.2 Å². The van der Waals surface area contributed by atoms with E-state index < -0.39 is 38.6 Å². The van der Waals surface area contributed by atoms with E-state index in [-0.39, 0.29) is 15.8 Å². The van der Waals surface area contributed by atoms with Crippen LogP contribution in [0, 0.1) is 17.2 Å². The van der Waals surface area contributed by atoms with Gasteiger partial charge in [0.1, 0.15) is 11.7 Å². The fraction of sp³-hybridized carbons (Fsp3) is 0.600. The molecule has 1 aliphatic carbocycles. The van der Waals surface area contributed by atoms with Crippen LogP contribution in [0.25, 0.3) is 21.6 Å². The van der Waals surface area contributed by atoms with Crippen LogP contribution in [0.3, 0.4) is 0 Å². The third-order valence-corrected chi connectivity index (χ3v) is 11.2. The van der Waals surface area contributed by atoms with Gasteiger partial charge in [-0.2, -0.15) is 14.7 Å². The fourth-order valence-electron chi connectivity index (χ4n) is 6.00. The third kappa shape index (κ3) is 4.35. The lowest BCUT2D eigenvalue weighted by Crippen LogP contribution is -2.41. The highest BCUT2D eigenvalue weighted by atomic mass is 32.2. The van der Waals surface area contributed by atoms with Gasteiger partial charge in [-0.25, -0.2) is 17.2 Å². The molecule has 39 heavy (non-hydrogen) atoms. The Morgan fingerprint density at radius 2 is 1.95 bits per heavy atom. The predicted octanol–water partition coefficient (Wildman–Crippen LogP) is 3.44. The number of piperidine rings is 1. The number of fused-ring (bicyclic) bond motifs is 1. The molecule has 208 valence electrons. The topological polar surface area (TPSA) is 128 Å². The van der Waals surface area contributed by atoms with Gasteiger partial charge in [0.05, 0.1) is 27.6 Å². The fourth-order valence-corrected chi connectivity index (χ4v) is 8.71. The van der Waals surface area contributed by atoms with Crippen LogP contribution in [0.5, 0.6) is 0 Å². The lowest BCUT2D eigenvalue weighted by Gasteiger charge is -2.37. The molecule has 0 amide bonds. The molecular formula is C25H29F2N7O3S2. The number of aryl methyl sites for hydroxylation is 1. The van der Waals surface area contributed by atoms with Crippen molar-refractivity contribution >= 4 is 32.3 Å². The molecule has 2 aliphatic heterocycles. The van der Waals surface area contributed by atoms with E-state index in [4.69, 9.17) is 0 Å². The van der Waals surface area contributed by atoms with Gasteiger partial charge in [0, 0.05) is 19.0 Å². The third-order valence-electron chi connectivity index (χ3n) is 8.36. The van der Waals surface area contributed by atoms with Crippen molar-refractivity contribution in [2.45, 2.75) is 74.6 Å². The van der Waals surface area contributed by atoms with Crippen LogP contribution in [0.4, 0.5) is 8.78 Å². The maximum atomic E-state index is 13.8. The van der Waals surface area contributed by atoms with E-state index in [9.17, 15) is 27.6 Å². The molecule has 10 nitrogen and oxygen atoms in total. The van der Waals surface area contributed by atoms with E-state index in [1.54, 1.807) is 17.8 Å². The van der Waals surface area contributed by atoms with E-state index in [0.29, 0.717) is 36.0 Å². The van der Waals surface area contributed by atoms with Crippen molar-refractivity contribution in [1.29, 1.82) is 5.26 Å². The van der Waals surface area contributed by atoms with Gasteiger partial charge in [0.25, 0.3) is 6.43 Å². The number of aromatic nitrogens is 4. The first kappa shape index (κ1) is 26.6. The van der Waals surface area contributed by atoms with E-state index in [2.05, 4.69) is 26.3 Å². The number of halogens is 2. The Labute approximate surface area is 228 Å². The molecule has 2 unspecified atom stereocenters. The second kappa shape index (κ2) is 8.97. The molecule has 4 heterocycles. The zero-order valence-electron chi connectivity index (χ0n) is 21.8. The highest BCUT2D eigenvalue weighted by Gasteiger charge is 2.76. The monoisotopic (exact) mass is 577 g/mol. The Bertz CT molecular complexity index is 1590. The summed E-state index contributed by atoms with van der Waals surface area (Å²) in [5.41, 5.74) is 0.349. The molecule has 2 saturated heterocycles. The summed E-state index contributed by atoms with van der Waals surface area (Å²) in [6.45, 7) is 5.56. The Kier molecular flexibility index (Phi) is 6.13. The summed E-state index contributed by atoms with van der Waals surface area (Å²) in [7, 11) is -2.25. The Hall–Kier alpha value is -2.57. The molecule has 1 saturated carbocycles. The first-order valence-electron chi connectivity index (χ1n) is 12.9. The predicted molar refractivity (Wildman–Crippen MR) is 139 cm³/mol. The number of hydrogen-bond acceptors (Lipinski definition) is 9. The van der Waals surface area contributed by atoms with Gasteiger partial charge in [0.2, 0.25) is 10.0 Å². The first-order valence-corrected chi connectivity index (χ1v) is 15.1. The molecule has 2 aromatic heterocycles. The number of nitriles is 1. The molecule has 0 radical (unpaired) electrons. The van der Waals surface area contributed by atoms with Crippen molar-refractivity contribution in [3.8, 4) is 16.8 Å². The molecule has 1 aromatic carbocycles. The summed E-state index contributed by atoms with van der Waals surface area (Å²) in [6.07, 6.45) is 0.167. The number of sulfonamides is 1. The molecule has 1 spiro atoms. The van der Waals surface area contributed by atoms with Crippen LogP contribution in [0.15, 0.2) is 17.0 Å². The molecule has 3 aliphatic rings. The zero-order chi connectivity index (χ0) is 27.9. The van der Waals surface area contributed by atoms with E-state index in [0.717, 1.165) is 42.8 Å². The smallest absolute Gasteiger partial charge is 0.291 e. The quantitative estimate of drug-likeness (QED) is 0.423. The van der Waals surface area contributed by atoms with Gasteiger partial charge < -0.3 is 5.11 Å². The number of hydrogen-bond donors (Lipinski definition) is 1. The van der Waals surface area contributed by atoms with Crippen molar-refractivity contribution < 1.29 is 22.3 Å². The second-order valence-corrected chi connectivity index (χ2v) is 14.2. The van der Waals surface area contributed by atoms with Crippen LogP contribution < -0.4 is 0 Å². The molecule has 1 N–H and O–H groups in total. The molecule has 3 aromatic rings. The summed E-state index contributed by atoms with van der Waals surface area (Å²) < 4.78 is 57.0. The highest BCUT2D eigenvalue weighted by Crippen LogP contribution is 2.62. The van der Waals surface area contributed by atoms with Crippen molar-refractivity contribution in [2.24, 2.45) is 13.0 Å². The van der Waals surface area contributed by atoms with E-state index >= 15 is 0 Å². The van der Waals surface area contributed by atoms with Gasteiger partial charge in [-0.15, -0.1) is 10.2 Å². The normalized spacial score (nSPS) is 23.5. The standard InChI is InChI=1S/C25H29F2N7O3S2/c1-24(2,35)15-4-8-33(9-5-15)13-14-10-16(39(36,37)34-18(12-28)25(34)6-7-25)11-17-19(31-32(3)20(14)17)22-29-30-23(38-22)21(26)27/h10-11,15,18,21,35H,4-9,13H2,1-3H3. The minimum atomic E-state index is -3.98. The number of likely N-dealkylation sites (tertiary alicyclic amines) is 1. The molecule has 6 rings (SSSR count). The van der Waals surface area contributed by atoms with Crippen LogP contribution in [-0.4, -0.2) is 73.0 Å². The SMILES string of the molecule is Cn1nc(-c2nnc(C(F)F)s2)c2cc(S(=O)(=O)N3C(C#N)C34CC4)cc(CN3CCC(C(C)(C)O)CC3)c21. The number of alkyl halides is 2. The lowest BCUT2D eigenvalue weighted by molar-refractivity contribution is -0.0135. The summed E-state index contributed by atoms with van der Waals surface area (Å²) in [6, 6.07) is 4.62. The zero-order valence-corrected chi connectivity index (χ0v) is 23.4. The Morgan fingerprint density at radius 3 is 2.49 bits per heavy atom. The number of aliphatic hydroxyl groups is 1. The van der Waals surface area contributed by atoms with Crippen molar-refractivity contribution in [1.82, 2.24) is 29.2 Å². The second-order valence-electron chi connectivity index (χ2n) is 11.3. The lowest BCUT2D eigenvalue weighted by atomic mass is 9.83. The van der Waals surface area contributed by atoms with E-state index in [1.807, 2.05) is 13.8 Å². The number of rotatable bonds is 7. The van der Waals surface area contributed by atoms with Gasteiger partial charge in [0.15, 0.2) is 10.0 Å². The van der Waals surface area contributed by atoms with Crippen LogP contribution >= 0.6 is 11.3 Å². The minimum Gasteiger partial charge on any atom is -0.390 e. The molecule has 0 bridgehead atoms. The number of benzene rings is 1. The van der Waals surface area contributed by atoms with Crippen LogP contribution in [0.2, 0.25) is 0 Å². The van der Waals surface area contributed by atoms with Gasteiger partial charge in [-0.1, -0.05) is 11.3 Å².